The van der Waals surface area contributed by atoms with E-state index in [4.69, 9.17) is 5.73 Å². The molecule has 3 N–H and O–H groups in total. The Hall–Kier alpha value is -2.63. The molecule has 0 spiro atoms. The Bertz CT molecular complexity index is 765. The number of aromatic nitrogens is 2. The number of nitrogens with two attached hydrogens (primary N) is 1. The number of rotatable bonds is 4. The minimum atomic E-state index is -0.352. The molecule has 2 aliphatic carbocycles. The molecule has 1 aromatic carbocycles. The zero-order chi connectivity index (χ0) is 16.0. The summed E-state index contributed by atoms with van der Waals surface area (Å²) in [6.07, 6.45) is 8.48. The van der Waals surface area contributed by atoms with Gasteiger partial charge in [0, 0.05) is 17.8 Å². The van der Waals surface area contributed by atoms with Gasteiger partial charge in [0.05, 0.1) is 11.1 Å². The Morgan fingerprint density at radius 1 is 1.26 bits per heavy atom. The van der Waals surface area contributed by atoms with Crippen LogP contribution in [0, 0.1) is 27.9 Å². The summed E-state index contributed by atoms with van der Waals surface area (Å²) in [4.78, 5) is 17.7. The van der Waals surface area contributed by atoms with E-state index < -0.39 is 0 Å². The second-order valence-electron chi connectivity index (χ2n) is 6.48. The molecule has 2 aliphatic rings. The Labute approximate surface area is 133 Å². The van der Waals surface area contributed by atoms with Crippen molar-refractivity contribution in [1.82, 2.24) is 9.97 Å². The van der Waals surface area contributed by atoms with Crippen LogP contribution in [0.1, 0.15) is 23.6 Å². The van der Waals surface area contributed by atoms with Gasteiger partial charge in [0.25, 0.3) is 5.69 Å². The first-order chi connectivity index (χ1) is 11.1. The highest BCUT2D eigenvalue weighted by molar-refractivity contribution is 5.37. The fourth-order valence-corrected chi connectivity index (χ4v) is 4.25. The monoisotopic (exact) mass is 310 g/mol. The summed E-state index contributed by atoms with van der Waals surface area (Å²) in [7, 11) is 0. The van der Waals surface area contributed by atoms with Crippen LogP contribution in [0.25, 0.3) is 0 Å². The number of anilines is 1. The van der Waals surface area contributed by atoms with Crippen molar-refractivity contribution >= 4 is 11.6 Å². The van der Waals surface area contributed by atoms with Crippen LogP contribution in [-0.2, 0) is 6.42 Å². The van der Waals surface area contributed by atoms with Crippen molar-refractivity contribution < 1.29 is 4.92 Å². The molecule has 23 heavy (non-hydrogen) atoms. The molecule has 118 valence electrons. The highest BCUT2D eigenvalue weighted by Gasteiger charge is 2.45. The molecular formula is C17H18N4O2. The maximum absolute atomic E-state index is 10.8. The SMILES string of the molecule is Nc1ncc(CC2C3C=CC(C3)C2c2ccc([N+](=O)[O-])cc2)[nH]1. The van der Waals surface area contributed by atoms with E-state index in [1.807, 2.05) is 12.1 Å². The largest absolute Gasteiger partial charge is 0.369 e. The molecule has 4 atom stereocenters. The maximum atomic E-state index is 10.8. The van der Waals surface area contributed by atoms with Crippen LogP contribution in [0.2, 0.25) is 0 Å². The molecule has 1 saturated carbocycles. The van der Waals surface area contributed by atoms with E-state index in [0.717, 1.165) is 18.5 Å². The Kier molecular flexibility index (Phi) is 3.18. The molecule has 6 heteroatoms. The number of fused-ring (bicyclic) bond motifs is 2. The summed E-state index contributed by atoms with van der Waals surface area (Å²) < 4.78 is 0. The molecule has 2 bridgehead atoms. The highest BCUT2D eigenvalue weighted by atomic mass is 16.6. The number of benzene rings is 1. The lowest BCUT2D eigenvalue weighted by Gasteiger charge is -2.28. The van der Waals surface area contributed by atoms with E-state index in [9.17, 15) is 10.1 Å². The average molecular weight is 310 g/mol. The molecule has 0 amide bonds. The predicted octanol–water partition coefficient (Wildman–Crippen LogP) is 3.05. The number of allylic oxidation sites excluding steroid dienone is 2. The lowest BCUT2D eigenvalue weighted by molar-refractivity contribution is -0.384. The summed E-state index contributed by atoms with van der Waals surface area (Å²) in [6.45, 7) is 0. The van der Waals surface area contributed by atoms with Gasteiger partial charge >= 0.3 is 0 Å². The number of nitrogens with zero attached hydrogens (tertiary/aromatic N) is 2. The zero-order valence-electron chi connectivity index (χ0n) is 12.6. The number of nitrogen functional groups attached to an aromatic ring is 1. The molecule has 0 aliphatic heterocycles. The molecule has 1 fully saturated rings. The summed E-state index contributed by atoms with van der Waals surface area (Å²) in [5.41, 5.74) is 8.06. The van der Waals surface area contributed by atoms with Crippen LogP contribution >= 0.6 is 0 Å². The number of hydrogen-bond donors (Lipinski definition) is 2. The molecular weight excluding hydrogens is 292 g/mol. The second-order valence-corrected chi connectivity index (χ2v) is 6.48. The van der Waals surface area contributed by atoms with Gasteiger partial charge in [-0.2, -0.15) is 0 Å². The molecule has 6 nitrogen and oxygen atoms in total. The molecule has 4 rings (SSSR count). The fraction of sp³-hybridized carbons (Fsp3) is 0.353. The number of H-pyrrole nitrogens is 1. The summed E-state index contributed by atoms with van der Waals surface area (Å²) in [5, 5.41) is 10.8. The van der Waals surface area contributed by atoms with E-state index in [2.05, 4.69) is 22.1 Å². The number of nitro benzene ring substituents is 1. The van der Waals surface area contributed by atoms with Gasteiger partial charge in [-0.3, -0.25) is 10.1 Å². The standard InChI is InChI=1S/C17H18N4O2/c18-17-19-9-13(20-17)8-15-11-1-2-12(7-11)16(15)10-3-5-14(6-4-10)21(22)23/h1-6,9,11-12,15-16H,7-8H2,(H3,18,19,20). The third kappa shape index (κ3) is 2.40. The molecule has 1 heterocycles. The first-order valence-electron chi connectivity index (χ1n) is 7.84. The topological polar surface area (TPSA) is 97.8 Å². The summed E-state index contributed by atoms with van der Waals surface area (Å²) >= 11 is 0. The molecule has 1 aromatic heterocycles. The summed E-state index contributed by atoms with van der Waals surface area (Å²) in [6, 6.07) is 7.03. The third-order valence-corrected chi connectivity index (χ3v) is 5.21. The van der Waals surface area contributed by atoms with E-state index >= 15 is 0 Å². The fourth-order valence-electron chi connectivity index (χ4n) is 4.25. The van der Waals surface area contributed by atoms with Crippen LogP contribution in [0.3, 0.4) is 0 Å². The second kappa shape index (κ2) is 5.22. The van der Waals surface area contributed by atoms with Gasteiger partial charge in [-0.15, -0.1) is 0 Å². The zero-order valence-corrected chi connectivity index (χ0v) is 12.6. The van der Waals surface area contributed by atoms with E-state index in [1.165, 1.54) is 5.56 Å². The van der Waals surface area contributed by atoms with Crippen molar-refractivity contribution in [2.45, 2.75) is 18.8 Å². The first-order valence-corrected chi connectivity index (χ1v) is 7.84. The number of imidazole rings is 1. The average Bonchev–Trinajstić information content (AvgIpc) is 3.24. The quantitative estimate of drug-likeness (QED) is 0.515. The molecule has 0 saturated heterocycles. The number of non-ortho nitro benzene ring substituents is 1. The van der Waals surface area contributed by atoms with Crippen molar-refractivity contribution in [2.24, 2.45) is 17.8 Å². The normalized spacial score (nSPS) is 28.3. The van der Waals surface area contributed by atoms with Gasteiger partial charge < -0.3 is 10.7 Å². The molecule has 0 radical (unpaired) electrons. The Balaban J connectivity index is 1.62. The Morgan fingerprint density at radius 2 is 2.00 bits per heavy atom. The van der Waals surface area contributed by atoms with Crippen molar-refractivity contribution in [1.29, 1.82) is 0 Å². The van der Waals surface area contributed by atoms with E-state index in [1.54, 1.807) is 18.3 Å². The van der Waals surface area contributed by atoms with Crippen LogP contribution in [0.15, 0.2) is 42.6 Å². The molecule has 2 aromatic rings. The lowest BCUT2D eigenvalue weighted by atomic mass is 9.76. The van der Waals surface area contributed by atoms with Gasteiger partial charge in [0.2, 0.25) is 0 Å². The minimum absolute atomic E-state index is 0.144. The van der Waals surface area contributed by atoms with E-state index in [0.29, 0.717) is 29.6 Å². The maximum Gasteiger partial charge on any atom is 0.269 e. The molecule has 4 unspecified atom stereocenters. The number of nitrogens with one attached hydrogen (secondary N) is 1. The van der Waals surface area contributed by atoms with Crippen LogP contribution in [0.4, 0.5) is 11.6 Å². The summed E-state index contributed by atoms with van der Waals surface area (Å²) in [5.74, 6) is 2.41. The van der Waals surface area contributed by atoms with Crippen molar-refractivity contribution in [3.8, 4) is 0 Å². The van der Waals surface area contributed by atoms with Gasteiger partial charge in [-0.25, -0.2) is 4.98 Å². The Morgan fingerprint density at radius 3 is 2.65 bits per heavy atom. The number of nitro groups is 1. The van der Waals surface area contributed by atoms with Crippen LogP contribution in [0.5, 0.6) is 0 Å². The van der Waals surface area contributed by atoms with E-state index in [-0.39, 0.29) is 10.6 Å². The first kappa shape index (κ1) is 14.0. The highest BCUT2D eigenvalue weighted by Crippen LogP contribution is 2.54. The lowest BCUT2D eigenvalue weighted by Crippen LogP contribution is -2.20. The third-order valence-electron chi connectivity index (χ3n) is 5.21. The predicted molar refractivity (Wildman–Crippen MR) is 86.8 cm³/mol. The smallest absolute Gasteiger partial charge is 0.269 e. The van der Waals surface area contributed by atoms with Gasteiger partial charge in [-0.1, -0.05) is 24.3 Å². The van der Waals surface area contributed by atoms with Crippen LogP contribution < -0.4 is 5.73 Å². The van der Waals surface area contributed by atoms with Gasteiger partial charge in [0.15, 0.2) is 5.95 Å². The van der Waals surface area contributed by atoms with Gasteiger partial charge in [-0.05, 0) is 42.1 Å². The van der Waals surface area contributed by atoms with Crippen LogP contribution in [-0.4, -0.2) is 14.9 Å². The van der Waals surface area contributed by atoms with Gasteiger partial charge in [0.1, 0.15) is 0 Å². The number of aromatic amines is 1. The number of hydrogen-bond acceptors (Lipinski definition) is 4. The van der Waals surface area contributed by atoms with Crippen molar-refractivity contribution in [3.63, 3.8) is 0 Å². The minimum Gasteiger partial charge on any atom is -0.369 e. The van der Waals surface area contributed by atoms with Crippen molar-refractivity contribution in [2.75, 3.05) is 5.73 Å². The van der Waals surface area contributed by atoms with Crippen molar-refractivity contribution in [3.05, 3.63) is 64.0 Å².